The van der Waals surface area contributed by atoms with Crippen LogP contribution in [0.5, 0.6) is 0 Å². The molecule has 3 heterocycles. The standard InChI is InChI=1S/C16H21BrN4/c1-12(2)11-20-5-7-21(8-6-20)15-3-4-18-14-9-13(17)10-19-16(14)15/h3-4,9-10,12H,5-8,11H2,1-2H3. The van der Waals surface area contributed by atoms with Gasteiger partial charge in [-0.25, -0.2) is 0 Å². The zero-order chi connectivity index (χ0) is 14.8. The highest BCUT2D eigenvalue weighted by Gasteiger charge is 2.19. The van der Waals surface area contributed by atoms with Gasteiger partial charge in [0.2, 0.25) is 0 Å². The zero-order valence-electron chi connectivity index (χ0n) is 12.6. The van der Waals surface area contributed by atoms with Crippen LogP contribution in [0.25, 0.3) is 11.0 Å². The van der Waals surface area contributed by atoms with E-state index in [4.69, 9.17) is 0 Å². The summed E-state index contributed by atoms with van der Waals surface area (Å²) in [5.41, 5.74) is 3.15. The van der Waals surface area contributed by atoms with Crippen molar-refractivity contribution in [3.05, 3.63) is 29.0 Å². The fourth-order valence-corrected chi connectivity index (χ4v) is 3.25. The average molecular weight is 349 g/mol. The minimum absolute atomic E-state index is 0.734. The Kier molecular flexibility index (Phi) is 4.40. The summed E-state index contributed by atoms with van der Waals surface area (Å²) in [7, 11) is 0. The monoisotopic (exact) mass is 348 g/mol. The van der Waals surface area contributed by atoms with Crippen molar-refractivity contribution in [2.24, 2.45) is 5.92 Å². The van der Waals surface area contributed by atoms with Crippen LogP contribution in [0.1, 0.15) is 13.8 Å². The molecule has 0 aliphatic carbocycles. The first kappa shape index (κ1) is 14.7. The third-order valence-electron chi connectivity index (χ3n) is 3.86. The maximum absolute atomic E-state index is 4.56. The molecule has 0 unspecified atom stereocenters. The SMILES string of the molecule is CC(C)CN1CCN(c2ccnc3cc(Br)cnc23)CC1. The predicted molar refractivity (Wildman–Crippen MR) is 90.7 cm³/mol. The molecule has 0 amide bonds. The van der Waals surface area contributed by atoms with Gasteiger partial charge in [0.25, 0.3) is 0 Å². The molecule has 1 saturated heterocycles. The Morgan fingerprint density at radius 2 is 1.95 bits per heavy atom. The van der Waals surface area contributed by atoms with Crippen LogP contribution >= 0.6 is 15.9 Å². The summed E-state index contributed by atoms with van der Waals surface area (Å²) < 4.78 is 0.974. The Bertz CT molecular complexity index is 621. The van der Waals surface area contributed by atoms with Crippen LogP contribution in [0.3, 0.4) is 0 Å². The van der Waals surface area contributed by atoms with Crippen LogP contribution < -0.4 is 4.90 Å². The number of piperazine rings is 1. The van der Waals surface area contributed by atoms with Crippen molar-refractivity contribution in [2.75, 3.05) is 37.6 Å². The number of hydrogen-bond donors (Lipinski definition) is 0. The van der Waals surface area contributed by atoms with Gasteiger partial charge >= 0.3 is 0 Å². The second-order valence-electron chi connectivity index (χ2n) is 6.03. The zero-order valence-corrected chi connectivity index (χ0v) is 14.2. The second-order valence-corrected chi connectivity index (χ2v) is 6.95. The van der Waals surface area contributed by atoms with E-state index in [1.807, 2.05) is 18.5 Å². The van der Waals surface area contributed by atoms with Gasteiger partial charge in [0, 0.05) is 49.6 Å². The largest absolute Gasteiger partial charge is 0.367 e. The first-order chi connectivity index (χ1) is 10.1. The molecule has 0 radical (unpaired) electrons. The van der Waals surface area contributed by atoms with Crippen molar-refractivity contribution in [3.63, 3.8) is 0 Å². The highest BCUT2D eigenvalue weighted by atomic mass is 79.9. The first-order valence-electron chi connectivity index (χ1n) is 7.51. The summed E-state index contributed by atoms with van der Waals surface area (Å²) >= 11 is 3.46. The fourth-order valence-electron chi connectivity index (χ4n) is 2.93. The normalized spacial score (nSPS) is 16.9. The minimum Gasteiger partial charge on any atom is -0.367 e. The van der Waals surface area contributed by atoms with Gasteiger partial charge in [-0.15, -0.1) is 0 Å². The molecule has 21 heavy (non-hydrogen) atoms. The van der Waals surface area contributed by atoms with Crippen LogP contribution in [0, 0.1) is 5.92 Å². The van der Waals surface area contributed by atoms with E-state index in [2.05, 4.69) is 55.6 Å². The molecule has 4 nitrogen and oxygen atoms in total. The summed E-state index contributed by atoms with van der Waals surface area (Å²) in [5, 5.41) is 0. The van der Waals surface area contributed by atoms with Gasteiger partial charge < -0.3 is 4.90 Å². The van der Waals surface area contributed by atoms with Gasteiger partial charge in [0.05, 0.1) is 11.2 Å². The van der Waals surface area contributed by atoms with E-state index < -0.39 is 0 Å². The van der Waals surface area contributed by atoms with E-state index >= 15 is 0 Å². The van der Waals surface area contributed by atoms with E-state index in [9.17, 15) is 0 Å². The Morgan fingerprint density at radius 3 is 2.67 bits per heavy atom. The van der Waals surface area contributed by atoms with Crippen molar-refractivity contribution in [1.29, 1.82) is 0 Å². The fraction of sp³-hybridized carbons (Fsp3) is 0.500. The Morgan fingerprint density at radius 1 is 1.19 bits per heavy atom. The van der Waals surface area contributed by atoms with Gasteiger partial charge in [-0.1, -0.05) is 13.8 Å². The molecular weight excluding hydrogens is 328 g/mol. The third-order valence-corrected chi connectivity index (χ3v) is 4.29. The van der Waals surface area contributed by atoms with Gasteiger partial charge in [-0.05, 0) is 34.0 Å². The van der Waals surface area contributed by atoms with Crippen LogP contribution in [0.15, 0.2) is 29.0 Å². The molecule has 1 aliphatic rings. The van der Waals surface area contributed by atoms with Crippen molar-refractivity contribution >= 4 is 32.7 Å². The Labute approximate surface area is 134 Å². The molecule has 0 saturated carbocycles. The topological polar surface area (TPSA) is 32.3 Å². The lowest BCUT2D eigenvalue weighted by molar-refractivity contribution is 0.231. The Hall–Kier alpha value is -1.20. The number of anilines is 1. The van der Waals surface area contributed by atoms with Crippen LogP contribution in [0.2, 0.25) is 0 Å². The number of aromatic nitrogens is 2. The number of halogens is 1. The average Bonchev–Trinajstić information content (AvgIpc) is 2.46. The molecule has 2 aromatic heterocycles. The molecule has 2 aromatic rings. The molecule has 0 N–H and O–H groups in total. The molecule has 3 rings (SSSR count). The summed E-state index contributed by atoms with van der Waals surface area (Å²) in [6.45, 7) is 10.1. The van der Waals surface area contributed by atoms with Crippen molar-refractivity contribution in [1.82, 2.24) is 14.9 Å². The summed E-state index contributed by atoms with van der Waals surface area (Å²) in [4.78, 5) is 14.0. The van der Waals surface area contributed by atoms with E-state index in [-0.39, 0.29) is 0 Å². The van der Waals surface area contributed by atoms with Gasteiger partial charge in [-0.2, -0.15) is 0 Å². The summed E-state index contributed by atoms with van der Waals surface area (Å²) in [5.74, 6) is 0.734. The third kappa shape index (κ3) is 3.35. The quantitative estimate of drug-likeness (QED) is 0.852. The van der Waals surface area contributed by atoms with Crippen molar-refractivity contribution in [3.8, 4) is 0 Å². The molecule has 1 fully saturated rings. The van der Waals surface area contributed by atoms with Crippen molar-refractivity contribution in [2.45, 2.75) is 13.8 Å². The highest BCUT2D eigenvalue weighted by Crippen LogP contribution is 2.26. The number of nitrogens with zero attached hydrogens (tertiary/aromatic N) is 4. The smallest absolute Gasteiger partial charge is 0.112 e. The lowest BCUT2D eigenvalue weighted by atomic mass is 10.1. The van der Waals surface area contributed by atoms with Gasteiger partial charge in [-0.3, -0.25) is 14.9 Å². The van der Waals surface area contributed by atoms with Crippen LogP contribution in [-0.2, 0) is 0 Å². The molecule has 0 spiro atoms. The number of hydrogen-bond acceptors (Lipinski definition) is 4. The van der Waals surface area contributed by atoms with Gasteiger partial charge in [0.15, 0.2) is 0 Å². The molecule has 1 aliphatic heterocycles. The second kappa shape index (κ2) is 6.28. The summed E-state index contributed by atoms with van der Waals surface area (Å²) in [6.07, 6.45) is 3.73. The molecular formula is C16H21BrN4. The van der Waals surface area contributed by atoms with Gasteiger partial charge in [0.1, 0.15) is 5.52 Å². The molecule has 5 heteroatoms. The molecule has 0 aromatic carbocycles. The lowest BCUT2D eigenvalue weighted by Gasteiger charge is -2.37. The number of fused-ring (bicyclic) bond motifs is 1. The number of rotatable bonds is 3. The highest BCUT2D eigenvalue weighted by molar-refractivity contribution is 9.10. The first-order valence-corrected chi connectivity index (χ1v) is 8.30. The minimum atomic E-state index is 0.734. The van der Waals surface area contributed by atoms with Crippen LogP contribution in [-0.4, -0.2) is 47.6 Å². The van der Waals surface area contributed by atoms with E-state index in [1.165, 1.54) is 12.2 Å². The number of pyridine rings is 2. The molecule has 0 bridgehead atoms. The molecule has 0 atom stereocenters. The Balaban J connectivity index is 1.79. The van der Waals surface area contributed by atoms with E-state index in [0.717, 1.165) is 47.6 Å². The van der Waals surface area contributed by atoms with E-state index in [1.54, 1.807) is 0 Å². The predicted octanol–water partition coefficient (Wildman–Crippen LogP) is 3.17. The molecule has 112 valence electrons. The summed E-state index contributed by atoms with van der Waals surface area (Å²) in [6, 6.07) is 4.11. The maximum Gasteiger partial charge on any atom is 0.112 e. The maximum atomic E-state index is 4.56. The van der Waals surface area contributed by atoms with Crippen LogP contribution in [0.4, 0.5) is 5.69 Å². The lowest BCUT2D eigenvalue weighted by Crippen LogP contribution is -2.47. The van der Waals surface area contributed by atoms with Crippen molar-refractivity contribution < 1.29 is 0 Å². The van der Waals surface area contributed by atoms with E-state index in [0.29, 0.717) is 0 Å².